The van der Waals surface area contributed by atoms with E-state index < -0.39 is 76.0 Å². The van der Waals surface area contributed by atoms with Gasteiger partial charge in [-0.1, -0.05) is 58.3 Å². The normalized spacial score (nSPS) is 12.6. The minimum Gasteiger partial charge on any atom is -0.550 e. The Balaban J connectivity index is -0.000000392. The molecule has 0 aromatic carbocycles. The molecule has 15 nitrogen and oxygen atoms in total. The van der Waals surface area contributed by atoms with Crippen LogP contribution in [0.1, 0.15) is 90.4 Å². The van der Waals surface area contributed by atoms with Crippen molar-refractivity contribution in [2.24, 2.45) is 0 Å². The molecule has 0 fully saturated rings. The van der Waals surface area contributed by atoms with Crippen LogP contribution in [0.3, 0.4) is 0 Å². The number of carbonyl (C=O) groups is 6. The molecule has 0 heterocycles. The summed E-state index contributed by atoms with van der Waals surface area (Å²) >= 11 is 0. The Morgan fingerprint density at radius 1 is 0.800 bits per heavy atom. The van der Waals surface area contributed by atoms with Gasteiger partial charge in [-0.15, -0.1) is 0 Å². The predicted octanol–water partition coefficient (Wildman–Crippen LogP) is -7.20. The second-order valence-corrected chi connectivity index (χ2v) is 10.0. The molecular weight excluding hydrogens is 582 g/mol. The van der Waals surface area contributed by atoms with Crippen LogP contribution in [0.5, 0.6) is 0 Å². The number of hydrogen-bond acceptors (Lipinski definition) is 12. The van der Waals surface area contributed by atoms with Crippen molar-refractivity contribution in [2.75, 3.05) is 0 Å². The maximum absolute atomic E-state index is 11.6. The van der Waals surface area contributed by atoms with Crippen molar-refractivity contribution < 1.29 is 131 Å². The molecule has 18 heteroatoms. The minimum atomic E-state index is -4.94. The first-order chi connectivity index (χ1) is 17.5. The predicted molar refractivity (Wildman–Crippen MR) is 122 cm³/mol. The molecule has 0 saturated carbocycles. The Hall–Kier alpha value is -1.11. The van der Waals surface area contributed by atoms with Crippen molar-refractivity contribution in [3.05, 3.63) is 0 Å². The number of aliphatic carboxylic acids is 4. The summed E-state index contributed by atoms with van der Waals surface area (Å²) in [5.74, 6) is -9.58. The fourth-order valence-electron chi connectivity index (χ4n) is 2.96. The number of aliphatic hydroxyl groups is 1. The summed E-state index contributed by atoms with van der Waals surface area (Å²) in [4.78, 5) is 64.3. The van der Waals surface area contributed by atoms with E-state index in [0.717, 1.165) is 19.3 Å². The van der Waals surface area contributed by atoms with Crippen molar-refractivity contribution in [1.82, 2.24) is 0 Å². The quantitative estimate of drug-likeness (QED) is 0.0345. The van der Waals surface area contributed by atoms with Crippen LogP contribution < -0.4 is 69.3 Å². The van der Waals surface area contributed by atoms with Crippen LogP contribution in [0.25, 0.3) is 0 Å². The zero-order valence-electron chi connectivity index (χ0n) is 23.0. The first-order valence-electron chi connectivity index (χ1n) is 11.7. The molecular formula is C22H34Na2O15S. The van der Waals surface area contributed by atoms with E-state index in [1.165, 1.54) is 32.1 Å². The summed E-state index contributed by atoms with van der Waals surface area (Å²) in [6.45, 7) is 2.16. The summed E-state index contributed by atoms with van der Waals surface area (Å²) in [7, 11) is -4.94. The third kappa shape index (κ3) is 24.7. The van der Waals surface area contributed by atoms with Gasteiger partial charge in [-0.05, 0) is 6.42 Å². The minimum absolute atomic E-state index is 0. The summed E-state index contributed by atoms with van der Waals surface area (Å²) < 4.78 is 32.9. The van der Waals surface area contributed by atoms with Gasteiger partial charge in [0.25, 0.3) is 10.1 Å². The molecule has 0 aromatic rings. The van der Waals surface area contributed by atoms with E-state index in [9.17, 15) is 52.5 Å². The van der Waals surface area contributed by atoms with Gasteiger partial charge in [0.05, 0.1) is 18.8 Å². The topological polar surface area (TPSA) is 273 Å². The maximum Gasteiger partial charge on any atom is 1.00 e. The Bertz CT molecular complexity index is 923. The Labute approximate surface area is 276 Å². The number of rotatable bonds is 19. The molecule has 40 heavy (non-hydrogen) atoms. The van der Waals surface area contributed by atoms with Crippen LogP contribution in [0.15, 0.2) is 0 Å². The van der Waals surface area contributed by atoms with Crippen LogP contribution in [0.4, 0.5) is 0 Å². The largest absolute Gasteiger partial charge is 1.00 e. The smallest absolute Gasteiger partial charge is 0.550 e. The van der Waals surface area contributed by atoms with Crippen LogP contribution in [-0.2, 0) is 43.6 Å². The molecule has 220 valence electrons. The van der Waals surface area contributed by atoms with Crippen LogP contribution in [0, 0.1) is 0 Å². The standard InChI is InChI=1S/C18H30O8.C4H6O7S.2Na/c1-2-3-4-5-6-7-8-9-10-11-15(21)26-16(22)13-18(25,17(23)24)12-14(19)20;5-3(6)1-2(4(7)8)12(9,10)11;;/h25H,2-13H2,1H3,(H,19,20)(H,23,24);2H,1H2,(H,5,6)(H,7,8)(H,9,10,11);;/q;;2*+1/p-2. The van der Waals surface area contributed by atoms with Crippen molar-refractivity contribution in [3.8, 4) is 0 Å². The summed E-state index contributed by atoms with van der Waals surface area (Å²) in [6, 6.07) is 0. The van der Waals surface area contributed by atoms with Crippen LogP contribution in [0.2, 0.25) is 0 Å². The van der Waals surface area contributed by atoms with Gasteiger partial charge in [-0.25, -0.2) is 4.79 Å². The zero-order chi connectivity index (χ0) is 29.9. The second-order valence-electron chi connectivity index (χ2n) is 8.41. The molecule has 0 aliphatic heterocycles. The maximum atomic E-state index is 11.6. The summed E-state index contributed by atoms with van der Waals surface area (Å²) in [5.41, 5.74) is -2.79. The van der Waals surface area contributed by atoms with Gasteiger partial charge in [0.15, 0.2) is 5.60 Å². The monoisotopic (exact) mass is 616 g/mol. The van der Waals surface area contributed by atoms with E-state index in [4.69, 9.17) is 14.8 Å². The fraction of sp³-hybridized carbons (Fsp3) is 0.727. The van der Waals surface area contributed by atoms with E-state index in [1.807, 2.05) is 0 Å². The average molecular weight is 617 g/mol. The van der Waals surface area contributed by atoms with Crippen molar-refractivity contribution in [1.29, 1.82) is 0 Å². The van der Waals surface area contributed by atoms with Gasteiger partial charge in [0.2, 0.25) is 0 Å². The number of carbonyl (C=O) groups excluding carboxylic acids is 4. The SMILES string of the molecule is CCCCCCCCCCCC(=O)OC(=O)CC(O)(CC(=O)O)C(=O)O.O=C([O-])CC(C(=O)[O-])S(=O)(=O)O.[Na+].[Na+]. The van der Waals surface area contributed by atoms with Gasteiger partial charge in [0.1, 0.15) is 5.25 Å². The first-order valence-corrected chi connectivity index (χ1v) is 13.2. The van der Waals surface area contributed by atoms with Crippen LogP contribution >= 0.6 is 0 Å². The molecule has 0 amide bonds. The molecule has 0 rings (SSSR count). The molecule has 4 N–H and O–H groups in total. The van der Waals surface area contributed by atoms with E-state index in [0.29, 0.717) is 6.42 Å². The van der Waals surface area contributed by atoms with Gasteiger partial charge in [0, 0.05) is 18.8 Å². The molecule has 0 aliphatic carbocycles. The van der Waals surface area contributed by atoms with E-state index in [-0.39, 0.29) is 65.5 Å². The molecule has 2 unspecified atom stereocenters. The van der Waals surface area contributed by atoms with Crippen molar-refractivity contribution in [3.63, 3.8) is 0 Å². The molecule has 0 bridgehead atoms. The third-order valence-electron chi connectivity index (χ3n) is 4.97. The molecule has 0 aliphatic rings. The van der Waals surface area contributed by atoms with Gasteiger partial charge in [-0.2, -0.15) is 8.42 Å². The Kier molecular flexibility index (Phi) is 28.1. The van der Waals surface area contributed by atoms with Gasteiger partial charge in [-0.3, -0.25) is 18.9 Å². The summed E-state index contributed by atoms with van der Waals surface area (Å²) in [6.07, 6.45) is 5.99. The number of carboxylic acids is 4. The van der Waals surface area contributed by atoms with Gasteiger partial charge < -0.3 is 39.9 Å². The number of esters is 2. The Morgan fingerprint density at radius 2 is 1.25 bits per heavy atom. The zero-order valence-corrected chi connectivity index (χ0v) is 27.8. The van der Waals surface area contributed by atoms with Gasteiger partial charge >= 0.3 is 83.0 Å². The average Bonchev–Trinajstić information content (AvgIpc) is 2.74. The van der Waals surface area contributed by atoms with Crippen molar-refractivity contribution in [2.45, 2.75) is 101 Å². The second kappa shape index (κ2) is 24.5. The molecule has 2 atom stereocenters. The first kappa shape index (κ1) is 45.9. The summed E-state index contributed by atoms with van der Waals surface area (Å²) in [5, 5.41) is 44.4. The number of unbranched alkanes of at least 4 members (excludes halogenated alkanes) is 8. The van der Waals surface area contributed by atoms with Crippen molar-refractivity contribution >= 4 is 45.9 Å². The van der Waals surface area contributed by atoms with E-state index in [1.54, 1.807) is 0 Å². The molecule has 0 spiro atoms. The molecule has 0 radical (unpaired) electrons. The van der Waals surface area contributed by atoms with E-state index in [2.05, 4.69) is 11.7 Å². The molecule has 0 aromatic heterocycles. The Morgan fingerprint density at radius 3 is 1.57 bits per heavy atom. The fourth-order valence-corrected chi connectivity index (χ4v) is 3.55. The third-order valence-corrected chi connectivity index (χ3v) is 6.04. The molecule has 0 saturated heterocycles. The number of carboxylic acid groups (broad SMARTS) is 4. The van der Waals surface area contributed by atoms with E-state index >= 15 is 0 Å². The van der Waals surface area contributed by atoms with Crippen LogP contribution in [-0.4, -0.2) is 75.0 Å². The number of hydrogen-bond donors (Lipinski definition) is 4. The number of ether oxygens (including phenoxy) is 1.